The third-order valence-corrected chi connectivity index (χ3v) is 5.20. The van der Waals surface area contributed by atoms with Crippen LogP contribution in [0, 0.1) is 5.82 Å². The number of halogens is 1. The largest absolute Gasteiger partial charge is 0.303 e. The number of carbonyl (C=O) groups excluding carboxylic acids is 1. The first-order valence-electron chi connectivity index (χ1n) is 8.18. The molecule has 0 aliphatic carbocycles. The van der Waals surface area contributed by atoms with E-state index in [1.54, 1.807) is 0 Å². The molecule has 0 spiro atoms. The summed E-state index contributed by atoms with van der Waals surface area (Å²) in [6.07, 6.45) is 5.12. The standard InChI is InChI=1S/C17H21FN4OS/c1-12-4-2-3-7-22(12)10-14-6-5-13(8-15(14)18)9-19-21-17-20-16(23)11-24-17/h5-6,8-9,12H,2-4,7,10-11H2,1H3,(H,20,21,23). The average molecular weight is 348 g/mol. The molecule has 1 amide bonds. The smallest absolute Gasteiger partial charge is 0.236 e. The van der Waals surface area contributed by atoms with E-state index < -0.39 is 0 Å². The minimum Gasteiger partial charge on any atom is -0.303 e. The van der Waals surface area contributed by atoms with Crippen molar-refractivity contribution in [1.82, 2.24) is 10.2 Å². The highest BCUT2D eigenvalue weighted by atomic mass is 32.2. The van der Waals surface area contributed by atoms with Crippen molar-refractivity contribution < 1.29 is 9.18 Å². The van der Waals surface area contributed by atoms with Gasteiger partial charge in [0, 0.05) is 18.2 Å². The number of likely N-dealkylation sites (tertiary alicyclic amines) is 1. The first-order valence-corrected chi connectivity index (χ1v) is 9.16. The number of thioether (sulfide) groups is 1. The zero-order valence-electron chi connectivity index (χ0n) is 13.7. The molecule has 2 saturated heterocycles. The predicted octanol–water partition coefficient (Wildman–Crippen LogP) is 2.75. The minimum atomic E-state index is -0.215. The van der Waals surface area contributed by atoms with E-state index in [4.69, 9.17) is 0 Å². The SMILES string of the molecule is CC1CCCCN1Cc1ccc(C=NN=C2NC(=O)CS2)cc1F. The monoisotopic (exact) mass is 348 g/mol. The molecule has 24 heavy (non-hydrogen) atoms. The van der Waals surface area contributed by atoms with Crippen molar-refractivity contribution in [2.75, 3.05) is 12.3 Å². The van der Waals surface area contributed by atoms with Crippen molar-refractivity contribution in [2.24, 2.45) is 10.2 Å². The Kier molecular flexibility index (Phi) is 5.63. The molecule has 2 aliphatic heterocycles. The summed E-state index contributed by atoms with van der Waals surface area (Å²) in [5.74, 6) is 0.0799. The molecular formula is C17H21FN4OS. The van der Waals surface area contributed by atoms with Gasteiger partial charge >= 0.3 is 0 Å². The summed E-state index contributed by atoms with van der Waals surface area (Å²) in [7, 11) is 0. The zero-order valence-corrected chi connectivity index (χ0v) is 14.5. The van der Waals surface area contributed by atoms with E-state index in [2.05, 4.69) is 27.3 Å². The second-order valence-corrected chi connectivity index (χ2v) is 7.12. The van der Waals surface area contributed by atoms with Gasteiger partial charge in [-0.1, -0.05) is 30.3 Å². The maximum Gasteiger partial charge on any atom is 0.236 e. The maximum atomic E-state index is 14.3. The van der Waals surface area contributed by atoms with Gasteiger partial charge in [-0.2, -0.15) is 5.10 Å². The molecule has 3 rings (SSSR count). The Bertz CT molecular complexity index is 677. The number of carbonyl (C=O) groups is 1. The first kappa shape index (κ1) is 17.1. The summed E-state index contributed by atoms with van der Waals surface area (Å²) in [6.45, 7) is 3.89. The van der Waals surface area contributed by atoms with E-state index in [0.717, 1.165) is 6.54 Å². The summed E-state index contributed by atoms with van der Waals surface area (Å²) in [5.41, 5.74) is 1.37. The number of amides is 1. The molecule has 1 atom stereocenters. The second kappa shape index (κ2) is 7.90. The topological polar surface area (TPSA) is 57.1 Å². The molecule has 1 aromatic rings. The zero-order chi connectivity index (χ0) is 16.9. The molecule has 128 valence electrons. The number of hydrogen-bond acceptors (Lipinski definition) is 5. The summed E-state index contributed by atoms with van der Waals surface area (Å²) >= 11 is 1.31. The Morgan fingerprint density at radius 3 is 3.04 bits per heavy atom. The van der Waals surface area contributed by atoms with Gasteiger partial charge in [0.05, 0.1) is 12.0 Å². The fourth-order valence-electron chi connectivity index (χ4n) is 2.91. The van der Waals surface area contributed by atoms with Gasteiger partial charge in [0.15, 0.2) is 5.17 Å². The molecular weight excluding hydrogens is 327 g/mol. The van der Waals surface area contributed by atoms with E-state index in [1.165, 1.54) is 43.3 Å². The average Bonchev–Trinajstić information content (AvgIpc) is 2.97. The molecule has 2 heterocycles. The lowest BCUT2D eigenvalue weighted by Gasteiger charge is -2.33. The van der Waals surface area contributed by atoms with E-state index in [9.17, 15) is 9.18 Å². The van der Waals surface area contributed by atoms with Gasteiger partial charge in [-0.15, -0.1) is 5.10 Å². The van der Waals surface area contributed by atoms with E-state index in [1.807, 2.05) is 12.1 Å². The molecule has 0 bridgehead atoms. The lowest BCUT2D eigenvalue weighted by Crippen LogP contribution is -2.36. The Hall–Kier alpha value is -1.73. The van der Waals surface area contributed by atoms with Crippen LogP contribution in [0.1, 0.15) is 37.3 Å². The van der Waals surface area contributed by atoms with Crippen LogP contribution in [0.4, 0.5) is 4.39 Å². The molecule has 2 aliphatic rings. The lowest BCUT2D eigenvalue weighted by atomic mass is 10.0. The van der Waals surface area contributed by atoms with Crippen LogP contribution < -0.4 is 5.32 Å². The van der Waals surface area contributed by atoms with Gasteiger partial charge in [-0.3, -0.25) is 9.69 Å². The van der Waals surface area contributed by atoms with Crippen LogP contribution in [0.5, 0.6) is 0 Å². The Labute approximate surface area is 145 Å². The molecule has 0 radical (unpaired) electrons. The molecule has 5 nitrogen and oxygen atoms in total. The maximum absolute atomic E-state index is 14.3. The molecule has 0 aromatic heterocycles. The first-order chi connectivity index (χ1) is 11.6. The van der Waals surface area contributed by atoms with E-state index in [0.29, 0.717) is 34.6 Å². The highest BCUT2D eigenvalue weighted by Crippen LogP contribution is 2.20. The fraction of sp³-hybridized carbons (Fsp3) is 0.471. The van der Waals surface area contributed by atoms with E-state index in [-0.39, 0.29) is 11.7 Å². The normalized spacial score (nSPS) is 24.0. The van der Waals surface area contributed by atoms with Crippen molar-refractivity contribution in [3.05, 3.63) is 35.1 Å². The minimum absolute atomic E-state index is 0.0729. The Morgan fingerprint density at radius 1 is 1.46 bits per heavy atom. The molecule has 1 unspecified atom stereocenters. The van der Waals surface area contributed by atoms with Crippen molar-refractivity contribution in [1.29, 1.82) is 0 Å². The summed E-state index contributed by atoms with van der Waals surface area (Å²) < 4.78 is 14.3. The van der Waals surface area contributed by atoms with Crippen molar-refractivity contribution in [2.45, 2.75) is 38.8 Å². The number of rotatable bonds is 4. The van der Waals surface area contributed by atoms with Gasteiger partial charge < -0.3 is 5.32 Å². The van der Waals surface area contributed by atoms with Crippen molar-refractivity contribution in [3.8, 4) is 0 Å². The highest BCUT2D eigenvalue weighted by Gasteiger charge is 2.19. The van der Waals surface area contributed by atoms with Gasteiger partial charge in [-0.05, 0) is 37.9 Å². The number of piperidine rings is 1. The number of benzene rings is 1. The third kappa shape index (κ3) is 4.42. The van der Waals surface area contributed by atoms with Crippen LogP contribution in [0.3, 0.4) is 0 Å². The summed E-state index contributed by atoms with van der Waals surface area (Å²) in [5, 5.41) is 10.9. The lowest BCUT2D eigenvalue weighted by molar-refractivity contribution is -0.116. The van der Waals surface area contributed by atoms with Gasteiger partial charge in [-0.25, -0.2) is 4.39 Å². The van der Waals surface area contributed by atoms with Crippen LogP contribution in [0.15, 0.2) is 28.4 Å². The number of nitrogens with zero attached hydrogens (tertiary/aromatic N) is 3. The van der Waals surface area contributed by atoms with Crippen LogP contribution in [0.2, 0.25) is 0 Å². The van der Waals surface area contributed by atoms with Crippen LogP contribution in [-0.4, -0.2) is 40.5 Å². The highest BCUT2D eigenvalue weighted by molar-refractivity contribution is 8.15. The molecule has 7 heteroatoms. The van der Waals surface area contributed by atoms with Crippen LogP contribution in [-0.2, 0) is 11.3 Å². The number of hydrogen-bond donors (Lipinski definition) is 1. The fourth-order valence-corrected chi connectivity index (χ4v) is 3.54. The number of nitrogens with one attached hydrogen (secondary N) is 1. The summed E-state index contributed by atoms with van der Waals surface area (Å²) in [4.78, 5) is 13.4. The Morgan fingerprint density at radius 2 is 2.33 bits per heavy atom. The van der Waals surface area contributed by atoms with Crippen LogP contribution in [0.25, 0.3) is 0 Å². The molecule has 1 aromatic carbocycles. The Balaban J connectivity index is 1.63. The quantitative estimate of drug-likeness (QED) is 0.672. The third-order valence-electron chi connectivity index (χ3n) is 4.33. The number of amidine groups is 1. The van der Waals surface area contributed by atoms with Crippen LogP contribution >= 0.6 is 11.8 Å². The summed E-state index contributed by atoms with van der Waals surface area (Å²) in [6, 6.07) is 5.65. The van der Waals surface area contributed by atoms with Gasteiger partial charge in [0.25, 0.3) is 0 Å². The predicted molar refractivity (Wildman–Crippen MR) is 95.8 cm³/mol. The van der Waals surface area contributed by atoms with Gasteiger partial charge in [0.2, 0.25) is 5.91 Å². The van der Waals surface area contributed by atoms with Gasteiger partial charge in [0.1, 0.15) is 5.82 Å². The second-order valence-electron chi connectivity index (χ2n) is 6.15. The van der Waals surface area contributed by atoms with Crippen molar-refractivity contribution >= 4 is 29.1 Å². The molecule has 0 saturated carbocycles. The molecule has 2 fully saturated rings. The van der Waals surface area contributed by atoms with Crippen molar-refractivity contribution in [3.63, 3.8) is 0 Å². The van der Waals surface area contributed by atoms with E-state index >= 15 is 0 Å². The molecule has 1 N–H and O–H groups in total.